The largest absolute Gasteiger partial charge is 0.207 e. The molecule has 0 amide bonds. The zero-order valence-corrected chi connectivity index (χ0v) is 12.6. The van der Waals surface area contributed by atoms with Gasteiger partial charge in [0.05, 0.1) is 0 Å². The van der Waals surface area contributed by atoms with Gasteiger partial charge >= 0.3 is 0 Å². The SMILES string of the molecule is Cc1cc(Cl)ccc1C(Br)Cc1c(F)cccc1F. The van der Waals surface area contributed by atoms with Crippen LogP contribution in [0.2, 0.25) is 5.02 Å². The molecule has 0 bridgehead atoms. The Balaban J connectivity index is 2.28. The third-order valence-corrected chi connectivity index (χ3v) is 4.07. The number of hydrogen-bond donors (Lipinski definition) is 0. The molecule has 0 saturated carbocycles. The van der Waals surface area contributed by atoms with E-state index in [1.54, 1.807) is 6.07 Å². The second kappa shape index (κ2) is 6.02. The van der Waals surface area contributed by atoms with Crippen LogP contribution in [0.1, 0.15) is 21.5 Å². The number of aryl methyl sites for hydroxylation is 1. The van der Waals surface area contributed by atoms with Crippen LogP contribution in [0.4, 0.5) is 8.78 Å². The molecule has 1 unspecified atom stereocenters. The van der Waals surface area contributed by atoms with Crippen molar-refractivity contribution in [3.63, 3.8) is 0 Å². The highest BCUT2D eigenvalue weighted by atomic mass is 79.9. The molecule has 19 heavy (non-hydrogen) atoms. The third kappa shape index (κ3) is 3.34. The molecule has 2 aromatic rings. The zero-order valence-electron chi connectivity index (χ0n) is 10.3. The van der Waals surface area contributed by atoms with Crippen LogP contribution < -0.4 is 0 Å². The van der Waals surface area contributed by atoms with Crippen molar-refractivity contribution in [2.24, 2.45) is 0 Å². The van der Waals surface area contributed by atoms with E-state index >= 15 is 0 Å². The lowest BCUT2D eigenvalue weighted by Gasteiger charge is -2.14. The summed E-state index contributed by atoms with van der Waals surface area (Å²) in [4.78, 5) is -0.156. The van der Waals surface area contributed by atoms with E-state index in [9.17, 15) is 8.78 Å². The van der Waals surface area contributed by atoms with Gasteiger partial charge in [0.25, 0.3) is 0 Å². The van der Waals surface area contributed by atoms with Crippen molar-refractivity contribution < 1.29 is 8.78 Å². The van der Waals surface area contributed by atoms with Gasteiger partial charge in [-0.15, -0.1) is 0 Å². The van der Waals surface area contributed by atoms with Crippen LogP contribution in [-0.2, 0) is 6.42 Å². The van der Waals surface area contributed by atoms with E-state index in [0.29, 0.717) is 5.02 Å². The fraction of sp³-hybridized carbons (Fsp3) is 0.200. The maximum absolute atomic E-state index is 13.6. The van der Waals surface area contributed by atoms with Crippen molar-refractivity contribution in [2.75, 3.05) is 0 Å². The van der Waals surface area contributed by atoms with E-state index in [-0.39, 0.29) is 16.8 Å². The average molecular weight is 346 g/mol. The maximum Gasteiger partial charge on any atom is 0.129 e. The molecular formula is C15H12BrClF2. The van der Waals surface area contributed by atoms with Crippen LogP contribution >= 0.6 is 27.5 Å². The molecule has 0 saturated heterocycles. The first kappa shape index (κ1) is 14.5. The van der Waals surface area contributed by atoms with Crippen LogP contribution in [0, 0.1) is 18.6 Å². The number of rotatable bonds is 3. The normalized spacial score (nSPS) is 12.5. The van der Waals surface area contributed by atoms with Crippen molar-refractivity contribution in [3.8, 4) is 0 Å². The number of halogens is 4. The Bertz CT molecular complexity index is 578. The summed E-state index contributed by atoms with van der Waals surface area (Å²) >= 11 is 9.39. The van der Waals surface area contributed by atoms with Gasteiger partial charge in [0.2, 0.25) is 0 Å². The van der Waals surface area contributed by atoms with Gasteiger partial charge < -0.3 is 0 Å². The first-order valence-corrected chi connectivity index (χ1v) is 7.11. The fourth-order valence-electron chi connectivity index (χ4n) is 2.01. The molecule has 0 nitrogen and oxygen atoms in total. The highest BCUT2D eigenvalue weighted by Gasteiger charge is 2.16. The summed E-state index contributed by atoms with van der Waals surface area (Å²) in [6.45, 7) is 1.92. The van der Waals surface area contributed by atoms with Gasteiger partial charge in [-0.3, -0.25) is 0 Å². The molecule has 2 rings (SSSR count). The molecule has 0 aliphatic carbocycles. The molecule has 4 heteroatoms. The Labute approximate surface area is 124 Å². The van der Waals surface area contributed by atoms with Gasteiger partial charge in [-0.05, 0) is 48.7 Å². The van der Waals surface area contributed by atoms with Crippen molar-refractivity contribution >= 4 is 27.5 Å². The smallest absolute Gasteiger partial charge is 0.129 e. The predicted octanol–water partition coefficient (Wildman–Crippen LogP) is 5.61. The lowest BCUT2D eigenvalue weighted by Crippen LogP contribution is -2.02. The monoisotopic (exact) mass is 344 g/mol. The third-order valence-electron chi connectivity index (χ3n) is 3.01. The maximum atomic E-state index is 13.6. The quantitative estimate of drug-likeness (QED) is 0.635. The Morgan fingerprint density at radius 2 is 1.79 bits per heavy atom. The zero-order chi connectivity index (χ0) is 14.0. The van der Waals surface area contributed by atoms with Crippen LogP contribution in [-0.4, -0.2) is 0 Å². The number of benzene rings is 2. The van der Waals surface area contributed by atoms with Crippen molar-refractivity contribution in [2.45, 2.75) is 18.2 Å². The molecular weight excluding hydrogens is 334 g/mol. The van der Waals surface area contributed by atoms with Gasteiger partial charge in [0.1, 0.15) is 11.6 Å². The van der Waals surface area contributed by atoms with Crippen molar-refractivity contribution in [1.82, 2.24) is 0 Å². The number of alkyl halides is 1. The Hall–Kier alpha value is -0.930. The van der Waals surface area contributed by atoms with Gasteiger partial charge in [-0.25, -0.2) is 8.78 Å². The Morgan fingerprint density at radius 3 is 2.37 bits per heavy atom. The molecule has 0 aromatic heterocycles. The van der Waals surface area contributed by atoms with E-state index in [1.165, 1.54) is 18.2 Å². The van der Waals surface area contributed by atoms with Crippen molar-refractivity contribution in [1.29, 1.82) is 0 Å². The molecule has 0 heterocycles. The predicted molar refractivity (Wildman–Crippen MR) is 77.9 cm³/mol. The molecule has 0 fully saturated rings. The minimum Gasteiger partial charge on any atom is -0.207 e. The van der Waals surface area contributed by atoms with E-state index in [0.717, 1.165) is 11.1 Å². The molecule has 1 atom stereocenters. The molecule has 100 valence electrons. The summed E-state index contributed by atoms with van der Waals surface area (Å²) in [7, 11) is 0. The van der Waals surface area contributed by atoms with Gasteiger partial charge in [-0.1, -0.05) is 39.7 Å². The number of hydrogen-bond acceptors (Lipinski definition) is 0. The van der Waals surface area contributed by atoms with E-state index < -0.39 is 11.6 Å². The van der Waals surface area contributed by atoms with Gasteiger partial charge in [-0.2, -0.15) is 0 Å². The first-order chi connectivity index (χ1) is 8.99. The second-order valence-corrected chi connectivity index (χ2v) is 5.91. The highest BCUT2D eigenvalue weighted by molar-refractivity contribution is 9.09. The lowest BCUT2D eigenvalue weighted by molar-refractivity contribution is 0.554. The van der Waals surface area contributed by atoms with Crippen LogP contribution in [0.5, 0.6) is 0 Å². The van der Waals surface area contributed by atoms with E-state index in [1.807, 2.05) is 19.1 Å². The molecule has 2 aromatic carbocycles. The standard InChI is InChI=1S/C15H12BrClF2/c1-9-7-10(17)5-6-11(9)13(16)8-12-14(18)3-2-4-15(12)19/h2-7,13H,8H2,1H3. The molecule has 0 radical (unpaired) electrons. The van der Waals surface area contributed by atoms with Gasteiger partial charge in [0, 0.05) is 15.4 Å². The summed E-state index contributed by atoms with van der Waals surface area (Å²) < 4.78 is 27.2. The van der Waals surface area contributed by atoms with Gasteiger partial charge in [0.15, 0.2) is 0 Å². The minimum atomic E-state index is -0.518. The molecule has 0 spiro atoms. The average Bonchev–Trinajstić information content (AvgIpc) is 2.33. The second-order valence-electron chi connectivity index (χ2n) is 4.37. The summed E-state index contributed by atoms with van der Waals surface area (Å²) in [6, 6.07) is 9.39. The summed E-state index contributed by atoms with van der Waals surface area (Å²) in [6.07, 6.45) is 0.251. The summed E-state index contributed by atoms with van der Waals surface area (Å²) in [5.41, 5.74) is 2.07. The lowest BCUT2D eigenvalue weighted by atomic mass is 10.00. The van der Waals surface area contributed by atoms with Crippen LogP contribution in [0.15, 0.2) is 36.4 Å². The Morgan fingerprint density at radius 1 is 1.16 bits per heavy atom. The molecule has 0 N–H and O–H groups in total. The van der Waals surface area contributed by atoms with Crippen LogP contribution in [0.25, 0.3) is 0 Å². The fourth-order valence-corrected chi connectivity index (χ4v) is 3.07. The highest BCUT2D eigenvalue weighted by Crippen LogP contribution is 2.32. The summed E-state index contributed by atoms with van der Waals surface area (Å²) in [5.74, 6) is -1.04. The molecule has 0 aliphatic heterocycles. The summed E-state index contributed by atoms with van der Waals surface area (Å²) in [5, 5.41) is 0.651. The molecule has 0 aliphatic rings. The van der Waals surface area contributed by atoms with Crippen molar-refractivity contribution in [3.05, 3.63) is 69.7 Å². The van der Waals surface area contributed by atoms with E-state index in [4.69, 9.17) is 11.6 Å². The first-order valence-electron chi connectivity index (χ1n) is 5.82. The topological polar surface area (TPSA) is 0 Å². The minimum absolute atomic E-state index is 0.0960. The Kier molecular flexibility index (Phi) is 4.58. The van der Waals surface area contributed by atoms with E-state index in [2.05, 4.69) is 15.9 Å². The van der Waals surface area contributed by atoms with Crippen LogP contribution in [0.3, 0.4) is 0 Å².